The first kappa shape index (κ1) is 18.7. The van der Waals surface area contributed by atoms with E-state index < -0.39 is 5.91 Å². The Kier molecular flexibility index (Phi) is 6.14. The van der Waals surface area contributed by atoms with E-state index in [4.69, 9.17) is 27.9 Å². The Labute approximate surface area is 168 Å². The van der Waals surface area contributed by atoms with Crippen LogP contribution in [0.3, 0.4) is 0 Å². The zero-order valence-electron chi connectivity index (χ0n) is 13.4. The average Bonchev–Trinajstić information content (AvgIpc) is 2.64. The van der Waals surface area contributed by atoms with E-state index in [0.29, 0.717) is 21.4 Å². The van der Waals surface area contributed by atoms with Crippen LogP contribution >= 0.6 is 39.1 Å². The van der Waals surface area contributed by atoms with Crippen LogP contribution in [0.15, 0.2) is 64.2 Å². The van der Waals surface area contributed by atoms with Crippen LogP contribution in [0.5, 0.6) is 5.75 Å². The third-order valence-electron chi connectivity index (χ3n) is 3.57. The Morgan fingerprint density at radius 1 is 1.08 bits per heavy atom. The van der Waals surface area contributed by atoms with Gasteiger partial charge in [-0.05, 0) is 44.9 Å². The summed E-state index contributed by atoms with van der Waals surface area (Å²) in [6, 6.07) is 16.8. The number of hydrazone groups is 1. The molecule has 0 saturated carbocycles. The minimum absolute atomic E-state index is 0.176. The Hall–Kier alpha value is -2.08. The Balaban J connectivity index is 1.61. The largest absolute Gasteiger partial charge is 0.483 e. The van der Waals surface area contributed by atoms with Gasteiger partial charge in [-0.3, -0.25) is 4.79 Å². The Bertz CT molecular complexity index is 972. The first-order valence-corrected chi connectivity index (χ1v) is 9.17. The van der Waals surface area contributed by atoms with Gasteiger partial charge in [0.25, 0.3) is 5.91 Å². The minimum Gasteiger partial charge on any atom is -0.483 e. The van der Waals surface area contributed by atoms with Crippen molar-refractivity contribution >= 4 is 62.0 Å². The second-order valence-electron chi connectivity index (χ2n) is 5.32. The third-order valence-corrected chi connectivity index (χ3v) is 5.05. The van der Waals surface area contributed by atoms with Crippen molar-refractivity contribution in [2.75, 3.05) is 6.61 Å². The van der Waals surface area contributed by atoms with E-state index in [-0.39, 0.29) is 6.61 Å². The smallest absolute Gasteiger partial charge is 0.277 e. The molecule has 3 rings (SSSR count). The van der Waals surface area contributed by atoms with Gasteiger partial charge in [0.1, 0.15) is 5.75 Å². The Morgan fingerprint density at radius 2 is 1.81 bits per heavy atom. The zero-order chi connectivity index (χ0) is 18.5. The van der Waals surface area contributed by atoms with Gasteiger partial charge in [0.2, 0.25) is 0 Å². The average molecular weight is 452 g/mol. The maximum Gasteiger partial charge on any atom is 0.277 e. The van der Waals surface area contributed by atoms with Gasteiger partial charge in [-0.1, -0.05) is 59.6 Å². The maximum atomic E-state index is 11.9. The summed E-state index contributed by atoms with van der Waals surface area (Å²) in [6.07, 6.45) is 1.40. The van der Waals surface area contributed by atoms with Crippen LogP contribution < -0.4 is 10.2 Å². The normalized spacial score (nSPS) is 11.0. The van der Waals surface area contributed by atoms with Gasteiger partial charge in [0, 0.05) is 5.56 Å². The number of nitrogens with one attached hydrogen (secondary N) is 1. The zero-order valence-corrected chi connectivity index (χ0v) is 16.5. The van der Waals surface area contributed by atoms with Crippen molar-refractivity contribution in [2.24, 2.45) is 5.10 Å². The number of hydrogen-bond acceptors (Lipinski definition) is 3. The van der Waals surface area contributed by atoms with Crippen LogP contribution in [0.2, 0.25) is 10.0 Å². The lowest BCUT2D eigenvalue weighted by Crippen LogP contribution is -2.24. The SMILES string of the molecule is O=C(COc1ccc2ccccc2c1Br)NN=Cc1c(Cl)cccc1Cl. The molecule has 4 nitrogen and oxygen atoms in total. The molecular formula is C19H13BrCl2N2O2. The molecule has 0 saturated heterocycles. The molecule has 0 unspecified atom stereocenters. The summed E-state index contributed by atoms with van der Waals surface area (Å²) in [5.41, 5.74) is 2.92. The standard InChI is InChI=1S/C19H13BrCl2N2O2/c20-19-13-5-2-1-4-12(13)8-9-17(19)26-11-18(25)24-23-10-14-15(21)6-3-7-16(14)22/h1-10H,11H2,(H,24,25). The Morgan fingerprint density at radius 3 is 2.58 bits per heavy atom. The second-order valence-corrected chi connectivity index (χ2v) is 6.92. The predicted octanol–water partition coefficient (Wildman–Crippen LogP) is 5.44. The van der Waals surface area contributed by atoms with Gasteiger partial charge in [-0.15, -0.1) is 0 Å². The predicted molar refractivity (Wildman–Crippen MR) is 109 cm³/mol. The summed E-state index contributed by atoms with van der Waals surface area (Å²) in [7, 11) is 0. The van der Waals surface area contributed by atoms with Gasteiger partial charge in [-0.25, -0.2) is 5.43 Å². The number of rotatable bonds is 5. The fourth-order valence-electron chi connectivity index (χ4n) is 2.30. The van der Waals surface area contributed by atoms with E-state index >= 15 is 0 Å². The topological polar surface area (TPSA) is 50.7 Å². The summed E-state index contributed by atoms with van der Waals surface area (Å²) < 4.78 is 6.37. The summed E-state index contributed by atoms with van der Waals surface area (Å²) >= 11 is 15.6. The summed E-state index contributed by atoms with van der Waals surface area (Å²) in [4.78, 5) is 11.9. The molecule has 3 aromatic carbocycles. The van der Waals surface area contributed by atoms with E-state index in [1.807, 2.05) is 36.4 Å². The lowest BCUT2D eigenvalue weighted by Gasteiger charge is -2.09. The number of benzene rings is 3. The van der Waals surface area contributed by atoms with Crippen molar-refractivity contribution in [3.05, 3.63) is 74.7 Å². The highest BCUT2D eigenvalue weighted by molar-refractivity contribution is 9.10. The van der Waals surface area contributed by atoms with Crippen molar-refractivity contribution in [3.63, 3.8) is 0 Å². The van der Waals surface area contributed by atoms with Crippen molar-refractivity contribution in [1.29, 1.82) is 0 Å². The van der Waals surface area contributed by atoms with Crippen molar-refractivity contribution in [3.8, 4) is 5.75 Å². The molecule has 0 atom stereocenters. The molecule has 26 heavy (non-hydrogen) atoms. The van der Waals surface area contributed by atoms with Gasteiger partial charge < -0.3 is 4.74 Å². The highest BCUT2D eigenvalue weighted by Gasteiger charge is 2.08. The molecule has 7 heteroatoms. The van der Waals surface area contributed by atoms with Crippen LogP contribution in [0, 0.1) is 0 Å². The molecule has 1 N–H and O–H groups in total. The van der Waals surface area contributed by atoms with Gasteiger partial charge in [0.15, 0.2) is 6.61 Å². The number of carbonyl (C=O) groups is 1. The fourth-order valence-corrected chi connectivity index (χ4v) is 3.41. The van der Waals surface area contributed by atoms with E-state index in [1.165, 1.54) is 6.21 Å². The lowest BCUT2D eigenvalue weighted by atomic mass is 10.1. The highest BCUT2D eigenvalue weighted by atomic mass is 79.9. The molecule has 0 spiro atoms. The summed E-state index contributed by atoms with van der Waals surface area (Å²) in [6.45, 7) is -0.176. The molecule has 0 fully saturated rings. The quantitative estimate of drug-likeness (QED) is 0.414. The first-order chi connectivity index (χ1) is 12.6. The number of ether oxygens (including phenoxy) is 1. The summed E-state index contributed by atoms with van der Waals surface area (Å²) in [5, 5.41) is 6.86. The third kappa shape index (κ3) is 4.36. The minimum atomic E-state index is -0.399. The molecule has 132 valence electrons. The number of carbonyl (C=O) groups excluding carboxylic acids is 1. The van der Waals surface area contributed by atoms with Crippen molar-refractivity contribution in [2.45, 2.75) is 0 Å². The molecule has 0 aliphatic carbocycles. The van der Waals surface area contributed by atoms with Gasteiger partial charge >= 0.3 is 0 Å². The van der Waals surface area contributed by atoms with Crippen molar-refractivity contribution < 1.29 is 9.53 Å². The molecule has 3 aromatic rings. The molecule has 0 aromatic heterocycles. The molecule has 0 aliphatic rings. The molecule has 0 bridgehead atoms. The van der Waals surface area contributed by atoms with Crippen LogP contribution in [-0.2, 0) is 4.79 Å². The van der Waals surface area contributed by atoms with Crippen LogP contribution in [-0.4, -0.2) is 18.7 Å². The number of fused-ring (bicyclic) bond motifs is 1. The monoisotopic (exact) mass is 450 g/mol. The van der Waals surface area contributed by atoms with E-state index in [2.05, 4.69) is 26.5 Å². The van der Waals surface area contributed by atoms with Crippen LogP contribution in [0.25, 0.3) is 10.8 Å². The first-order valence-electron chi connectivity index (χ1n) is 7.62. The highest BCUT2D eigenvalue weighted by Crippen LogP contribution is 2.32. The molecule has 0 heterocycles. The molecular weight excluding hydrogens is 439 g/mol. The maximum absolute atomic E-state index is 11.9. The second kappa shape index (κ2) is 8.54. The summed E-state index contributed by atoms with van der Waals surface area (Å²) in [5.74, 6) is 0.182. The number of nitrogens with zero attached hydrogens (tertiary/aromatic N) is 1. The molecule has 1 amide bonds. The van der Waals surface area contributed by atoms with Crippen molar-refractivity contribution in [1.82, 2.24) is 5.43 Å². The fraction of sp³-hybridized carbons (Fsp3) is 0.0526. The van der Waals surface area contributed by atoms with E-state index in [0.717, 1.165) is 15.2 Å². The number of amides is 1. The van der Waals surface area contributed by atoms with E-state index in [1.54, 1.807) is 18.2 Å². The molecule has 0 aliphatic heterocycles. The number of halogens is 3. The van der Waals surface area contributed by atoms with E-state index in [9.17, 15) is 4.79 Å². The van der Waals surface area contributed by atoms with Gasteiger partial charge in [0.05, 0.1) is 20.7 Å². The van der Waals surface area contributed by atoms with Gasteiger partial charge in [-0.2, -0.15) is 5.10 Å². The lowest BCUT2D eigenvalue weighted by molar-refractivity contribution is -0.123. The number of hydrogen-bond donors (Lipinski definition) is 1. The van der Waals surface area contributed by atoms with Crippen LogP contribution in [0.1, 0.15) is 5.56 Å². The molecule has 0 radical (unpaired) electrons. The van der Waals surface area contributed by atoms with Crippen LogP contribution in [0.4, 0.5) is 0 Å².